The van der Waals surface area contributed by atoms with Crippen LogP contribution in [0.5, 0.6) is 0 Å². The summed E-state index contributed by atoms with van der Waals surface area (Å²) in [5, 5.41) is 0. The molecule has 2 nitrogen and oxygen atoms in total. The molecule has 0 spiro atoms. The van der Waals surface area contributed by atoms with Crippen molar-refractivity contribution in [3.8, 4) is 78.4 Å². The molecule has 0 bridgehead atoms. The molecule has 0 saturated heterocycles. The fraction of sp³-hybridized carbons (Fsp3) is 0.0169. The van der Waals surface area contributed by atoms with Crippen LogP contribution < -0.4 is 0 Å². The van der Waals surface area contributed by atoms with Gasteiger partial charge in [0.2, 0.25) is 0 Å². The quantitative estimate of drug-likeness (QED) is 0.154. The molecule has 9 aromatic carbocycles. The lowest BCUT2D eigenvalue weighted by atomic mass is 9.67. The van der Waals surface area contributed by atoms with Gasteiger partial charge in [-0.15, -0.1) is 0 Å². The Balaban J connectivity index is 1.22. The first-order valence-electron chi connectivity index (χ1n) is 20.9. The molecule has 1 heterocycles. The summed E-state index contributed by atoms with van der Waals surface area (Å²) in [7, 11) is 0. The van der Waals surface area contributed by atoms with Crippen molar-refractivity contribution in [2.24, 2.45) is 0 Å². The van der Waals surface area contributed by atoms with E-state index in [0.29, 0.717) is 5.82 Å². The fourth-order valence-corrected chi connectivity index (χ4v) is 9.46. The molecule has 0 aliphatic heterocycles. The maximum absolute atomic E-state index is 5.42. The summed E-state index contributed by atoms with van der Waals surface area (Å²) in [6.45, 7) is 0. The summed E-state index contributed by atoms with van der Waals surface area (Å²) in [6.07, 6.45) is 0. The standard InChI is InChI=1S/C59H40N2/c1-7-21-41(22-8-1)46-38-50(45-35-36-54-51(37-45)49-33-19-20-34-53(49)59(54,47-29-15-5-16-30-47)48-31-17-6-18-32-48)57(43-25-11-3-12-26-43)52(39-46)56-40-55(42-23-9-2-10-24-42)60-58(61-56)44-27-13-4-14-28-44/h1-40H. The molecule has 11 rings (SSSR count). The summed E-state index contributed by atoms with van der Waals surface area (Å²) in [6, 6.07) is 87.3. The number of rotatable bonds is 8. The Bertz CT molecular complexity index is 3050. The lowest BCUT2D eigenvalue weighted by Gasteiger charge is -2.34. The van der Waals surface area contributed by atoms with Crippen molar-refractivity contribution in [2.75, 3.05) is 0 Å². The van der Waals surface area contributed by atoms with Crippen LogP contribution in [0.2, 0.25) is 0 Å². The van der Waals surface area contributed by atoms with E-state index in [9.17, 15) is 0 Å². The van der Waals surface area contributed by atoms with Crippen LogP contribution in [0.3, 0.4) is 0 Å². The lowest BCUT2D eigenvalue weighted by Crippen LogP contribution is -2.28. The number of hydrogen-bond donors (Lipinski definition) is 0. The predicted molar refractivity (Wildman–Crippen MR) is 252 cm³/mol. The third-order valence-electron chi connectivity index (χ3n) is 12.2. The molecule has 1 aliphatic rings. The summed E-state index contributed by atoms with van der Waals surface area (Å²) in [5.41, 5.74) is 18.7. The smallest absolute Gasteiger partial charge is 0.160 e. The predicted octanol–water partition coefficient (Wildman–Crippen LogP) is 14.8. The third kappa shape index (κ3) is 6.29. The van der Waals surface area contributed by atoms with E-state index in [-0.39, 0.29) is 0 Å². The Morgan fingerprint density at radius 2 is 0.721 bits per heavy atom. The highest BCUT2D eigenvalue weighted by molar-refractivity contribution is 5.99. The van der Waals surface area contributed by atoms with E-state index < -0.39 is 5.41 Å². The zero-order valence-electron chi connectivity index (χ0n) is 33.5. The molecule has 0 atom stereocenters. The van der Waals surface area contributed by atoms with E-state index >= 15 is 0 Å². The zero-order chi connectivity index (χ0) is 40.6. The third-order valence-corrected chi connectivity index (χ3v) is 12.2. The molecule has 0 fully saturated rings. The van der Waals surface area contributed by atoms with Gasteiger partial charge in [-0.1, -0.05) is 218 Å². The van der Waals surface area contributed by atoms with Crippen molar-refractivity contribution in [1.29, 1.82) is 0 Å². The van der Waals surface area contributed by atoms with Crippen molar-refractivity contribution in [2.45, 2.75) is 5.41 Å². The van der Waals surface area contributed by atoms with E-state index in [0.717, 1.165) is 61.5 Å². The van der Waals surface area contributed by atoms with Gasteiger partial charge in [-0.3, -0.25) is 0 Å². The van der Waals surface area contributed by atoms with Crippen molar-refractivity contribution >= 4 is 0 Å². The lowest BCUT2D eigenvalue weighted by molar-refractivity contribution is 0.768. The van der Waals surface area contributed by atoms with Gasteiger partial charge in [0.05, 0.1) is 16.8 Å². The highest BCUT2D eigenvalue weighted by Crippen LogP contribution is 2.57. The molecule has 61 heavy (non-hydrogen) atoms. The van der Waals surface area contributed by atoms with Crippen molar-refractivity contribution in [1.82, 2.24) is 9.97 Å². The maximum Gasteiger partial charge on any atom is 0.160 e. The van der Waals surface area contributed by atoms with E-state index in [1.165, 1.54) is 33.4 Å². The summed E-state index contributed by atoms with van der Waals surface area (Å²) in [4.78, 5) is 10.6. The van der Waals surface area contributed by atoms with Crippen LogP contribution in [0.15, 0.2) is 243 Å². The molecule has 0 N–H and O–H groups in total. The van der Waals surface area contributed by atoms with E-state index in [2.05, 4.69) is 218 Å². The first-order valence-corrected chi connectivity index (χ1v) is 20.9. The summed E-state index contributed by atoms with van der Waals surface area (Å²) >= 11 is 0. The summed E-state index contributed by atoms with van der Waals surface area (Å²) in [5.74, 6) is 0.690. The first kappa shape index (κ1) is 36.2. The first-order chi connectivity index (χ1) is 30.3. The van der Waals surface area contributed by atoms with Gasteiger partial charge >= 0.3 is 0 Å². The van der Waals surface area contributed by atoms with Gasteiger partial charge in [-0.05, 0) is 91.0 Å². The van der Waals surface area contributed by atoms with Crippen molar-refractivity contribution < 1.29 is 0 Å². The molecule has 0 radical (unpaired) electrons. The zero-order valence-corrected chi connectivity index (χ0v) is 33.5. The Morgan fingerprint density at radius 1 is 0.262 bits per heavy atom. The molecule has 2 heteroatoms. The number of benzene rings is 9. The Labute approximate surface area is 357 Å². The van der Waals surface area contributed by atoms with E-state index in [1.54, 1.807) is 0 Å². The topological polar surface area (TPSA) is 25.8 Å². The fourth-order valence-electron chi connectivity index (χ4n) is 9.46. The van der Waals surface area contributed by atoms with Crippen LogP contribution in [-0.4, -0.2) is 9.97 Å². The second-order valence-electron chi connectivity index (χ2n) is 15.7. The highest BCUT2D eigenvalue weighted by atomic mass is 14.9. The molecule has 10 aromatic rings. The second kappa shape index (κ2) is 15.3. The van der Waals surface area contributed by atoms with Gasteiger partial charge in [0, 0.05) is 16.7 Å². The second-order valence-corrected chi connectivity index (χ2v) is 15.7. The van der Waals surface area contributed by atoms with Crippen LogP contribution in [0.1, 0.15) is 22.3 Å². The minimum Gasteiger partial charge on any atom is -0.228 e. The maximum atomic E-state index is 5.42. The van der Waals surface area contributed by atoms with Gasteiger partial charge in [0.25, 0.3) is 0 Å². The Hall–Kier alpha value is -7.94. The average molecular weight is 777 g/mol. The van der Waals surface area contributed by atoms with E-state index in [4.69, 9.17) is 9.97 Å². The SMILES string of the molecule is c1ccc(-c2cc(-c3ccc4c(c3)-c3ccccc3C4(c3ccccc3)c3ccccc3)c(-c3ccccc3)c(-c3cc(-c4ccccc4)nc(-c4ccccc4)n3)c2)cc1. The minimum atomic E-state index is -0.477. The largest absolute Gasteiger partial charge is 0.228 e. The molecule has 286 valence electrons. The molecule has 0 unspecified atom stereocenters. The van der Waals surface area contributed by atoms with Gasteiger partial charge in [-0.25, -0.2) is 9.97 Å². The van der Waals surface area contributed by atoms with Crippen LogP contribution in [0.4, 0.5) is 0 Å². The molecule has 0 amide bonds. The van der Waals surface area contributed by atoms with Crippen molar-refractivity contribution in [3.05, 3.63) is 265 Å². The molecular weight excluding hydrogens is 737 g/mol. The average Bonchev–Trinajstić information content (AvgIpc) is 3.65. The van der Waals surface area contributed by atoms with Gasteiger partial charge < -0.3 is 0 Å². The minimum absolute atomic E-state index is 0.477. The highest BCUT2D eigenvalue weighted by Gasteiger charge is 2.46. The Morgan fingerprint density at radius 3 is 1.34 bits per heavy atom. The van der Waals surface area contributed by atoms with E-state index in [1.807, 2.05) is 24.3 Å². The number of fused-ring (bicyclic) bond motifs is 3. The Kier molecular flexibility index (Phi) is 9.09. The molecule has 0 saturated carbocycles. The number of nitrogens with zero attached hydrogens (tertiary/aromatic N) is 2. The van der Waals surface area contributed by atoms with Crippen LogP contribution in [0.25, 0.3) is 78.4 Å². The molecule has 1 aromatic heterocycles. The van der Waals surface area contributed by atoms with Crippen LogP contribution in [-0.2, 0) is 5.41 Å². The molecular formula is C59H40N2. The summed E-state index contributed by atoms with van der Waals surface area (Å²) < 4.78 is 0. The van der Waals surface area contributed by atoms with Crippen LogP contribution in [0, 0.1) is 0 Å². The number of aromatic nitrogens is 2. The monoisotopic (exact) mass is 776 g/mol. The number of hydrogen-bond acceptors (Lipinski definition) is 2. The van der Waals surface area contributed by atoms with Gasteiger partial charge in [0.15, 0.2) is 5.82 Å². The normalized spacial score (nSPS) is 12.4. The van der Waals surface area contributed by atoms with Gasteiger partial charge in [0.1, 0.15) is 0 Å². The molecule has 1 aliphatic carbocycles. The van der Waals surface area contributed by atoms with Crippen molar-refractivity contribution in [3.63, 3.8) is 0 Å². The van der Waals surface area contributed by atoms with Crippen LogP contribution >= 0.6 is 0 Å². The van der Waals surface area contributed by atoms with Gasteiger partial charge in [-0.2, -0.15) is 0 Å².